The average molecular weight is 297 g/mol. The van der Waals surface area contributed by atoms with E-state index in [1.54, 1.807) is 0 Å². The maximum atomic E-state index is 13.2. The first-order valence-corrected chi connectivity index (χ1v) is 7.69. The number of hydrogen-bond acceptors (Lipinski definition) is 2. The zero-order chi connectivity index (χ0) is 14.8. The Balaban J connectivity index is 2.37. The third-order valence-corrected chi connectivity index (χ3v) is 3.88. The molecule has 0 radical (unpaired) electrons. The molecule has 2 aromatic carbocycles. The van der Waals surface area contributed by atoms with Crippen LogP contribution >= 0.6 is 0 Å². The Morgan fingerprint density at radius 2 is 1.65 bits per heavy atom. The van der Waals surface area contributed by atoms with E-state index < -0.39 is 21.7 Å². The topological polar surface area (TPSA) is 37.4 Å². The lowest BCUT2D eigenvalue weighted by atomic mass is 10.2. The molecule has 0 saturated carbocycles. The molecule has 0 heterocycles. The van der Waals surface area contributed by atoms with Gasteiger partial charge in [-0.05, 0) is 35.9 Å². The third-order valence-electron chi connectivity index (χ3n) is 2.74. The van der Waals surface area contributed by atoms with Crippen molar-refractivity contribution in [1.82, 2.24) is 0 Å². The van der Waals surface area contributed by atoms with Crippen LogP contribution in [0.1, 0.15) is 5.56 Å². The van der Waals surface area contributed by atoms with Gasteiger partial charge in [0.05, 0.1) is 18.5 Å². The SMILES string of the molecule is CS(=O)(=O)N(Cc1ccc(F)cc1)c1cccc(F)c1. The van der Waals surface area contributed by atoms with Gasteiger partial charge >= 0.3 is 0 Å². The quantitative estimate of drug-likeness (QED) is 0.870. The number of halogens is 2. The molecule has 0 aliphatic carbocycles. The Labute approximate surface area is 116 Å². The fourth-order valence-corrected chi connectivity index (χ4v) is 2.67. The number of sulfonamides is 1. The molecular weight excluding hydrogens is 284 g/mol. The molecule has 0 bridgehead atoms. The van der Waals surface area contributed by atoms with E-state index >= 15 is 0 Å². The fourth-order valence-electron chi connectivity index (χ4n) is 1.79. The van der Waals surface area contributed by atoms with Crippen molar-refractivity contribution in [3.8, 4) is 0 Å². The van der Waals surface area contributed by atoms with Crippen molar-refractivity contribution >= 4 is 15.7 Å². The summed E-state index contributed by atoms with van der Waals surface area (Å²) in [4.78, 5) is 0. The van der Waals surface area contributed by atoms with Gasteiger partial charge in [-0.3, -0.25) is 4.31 Å². The highest BCUT2D eigenvalue weighted by atomic mass is 32.2. The minimum absolute atomic E-state index is 0.0164. The van der Waals surface area contributed by atoms with Crippen LogP contribution in [0, 0.1) is 11.6 Å². The van der Waals surface area contributed by atoms with Gasteiger partial charge in [-0.2, -0.15) is 0 Å². The maximum absolute atomic E-state index is 13.2. The van der Waals surface area contributed by atoms with Gasteiger partial charge in [0.2, 0.25) is 10.0 Å². The van der Waals surface area contributed by atoms with Crippen LogP contribution in [0.5, 0.6) is 0 Å². The summed E-state index contributed by atoms with van der Waals surface area (Å²) >= 11 is 0. The Morgan fingerprint density at radius 1 is 1.00 bits per heavy atom. The van der Waals surface area contributed by atoms with Crippen LogP contribution in [-0.2, 0) is 16.6 Å². The smallest absolute Gasteiger partial charge is 0.232 e. The van der Waals surface area contributed by atoms with Crippen LogP contribution in [0.25, 0.3) is 0 Å². The summed E-state index contributed by atoms with van der Waals surface area (Å²) in [6, 6.07) is 10.8. The van der Waals surface area contributed by atoms with Gasteiger partial charge in [0.25, 0.3) is 0 Å². The zero-order valence-corrected chi connectivity index (χ0v) is 11.6. The highest BCUT2D eigenvalue weighted by Gasteiger charge is 2.18. The van der Waals surface area contributed by atoms with Crippen LogP contribution in [0.15, 0.2) is 48.5 Å². The summed E-state index contributed by atoms with van der Waals surface area (Å²) in [6.45, 7) is 0.0164. The number of hydrogen-bond donors (Lipinski definition) is 0. The summed E-state index contributed by atoms with van der Waals surface area (Å²) in [6.07, 6.45) is 1.04. The Kier molecular flexibility index (Phi) is 4.04. The van der Waals surface area contributed by atoms with Crippen molar-refractivity contribution in [3.63, 3.8) is 0 Å². The number of rotatable bonds is 4. The Bertz CT molecular complexity index is 699. The first-order valence-electron chi connectivity index (χ1n) is 5.84. The summed E-state index contributed by atoms with van der Waals surface area (Å²) < 4.78 is 50.8. The second kappa shape index (κ2) is 5.58. The van der Waals surface area contributed by atoms with E-state index in [0.29, 0.717) is 5.56 Å². The standard InChI is InChI=1S/C14H13F2NO2S/c1-20(18,19)17(14-4-2-3-13(16)9-14)10-11-5-7-12(15)8-6-11/h2-9H,10H2,1H3. The van der Waals surface area contributed by atoms with Gasteiger partial charge in [0.1, 0.15) is 11.6 Å². The Hall–Kier alpha value is -1.95. The molecule has 0 spiro atoms. The molecule has 0 amide bonds. The van der Waals surface area contributed by atoms with Gasteiger partial charge in [-0.1, -0.05) is 18.2 Å². The molecule has 2 aromatic rings. The lowest BCUT2D eigenvalue weighted by molar-refractivity contribution is 0.595. The zero-order valence-electron chi connectivity index (χ0n) is 10.8. The minimum Gasteiger partial charge on any atom is -0.266 e. The van der Waals surface area contributed by atoms with E-state index in [4.69, 9.17) is 0 Å². The van der Waals surface area contributed by atoms with E-state index in [-0.39, 0.29) is 12.2 Å². The van der Waals surface area contributed by atoms with Crippen molar-refractivity contribution < 1.29 is 17.2 Å². The number of benzene rings is 2. The van der Waals surface area contributed by atoms with Gasteiger partial charge < -0.3 is 0 Å². The number of nitrogens with zero attached hydrogens (tertiary/aromatic N) is 1. The first kappa shape index (κ1) is 14.5. The molecule has 0 fully saturated rings. The molecular formula is C14H13F2NO2S. The third kappa shape index (κ3) is 3.54. The number of anilines is 1. The minimum atomic E-state index is -3.57. The molecule has 2 rings (SSSR count). The van der Waals surface area contributed by atoms with Crippen molar-refractivity contribution in [2.24, 2.45) is 0 Å². The molecule has 0 aliphatic heterocycles. The van der Waals surface area contributed by atoms with Crippen molar-refractivity contribution in [2.75, 3.05) is 10.6 Å². The van der Waals surface area contributed by atoms with Crippen LogP contribution < -0.4 is 4.31 Å². The van der Waals surface area contributed by atoms with Gasteiger partial charge in [-0.25, -0.2) is 17.2 Å². The predicted octanol–water partition coefficient (Wildman–Crippen LogP) is 2.93. The van der Waals surface area contributed by atoms with Crippen LogP contribution in [0.2, 0.25) is 0 Å². The molecule has 0 aliphatic rings. The predicted molar refractivity (Wildman–Crippen MR) is 73.8 cm³/mol. The molecule has 106 valence electrons. The van der Waals surface area contributed by atoms with Crippen LogP contribution in [-0.4, -0.2) is 14.7 Å². The summed E-state index contributed by atoms with van der Waals surface area (Å²) in [5.74, 6) is -0.916. The first-order chi connectivity index (χ1) is 9.36. The molecule has 0 N–H and O–H groups in total. The van der Waals surface area contributed by atoms with Crippen molar-refractivity contribution in [2.45, 2.75) is 6.54 Å². The van der Waals surface area contributed by atoms with Crippen molar-refractivity contribution in [1.29, 1.82) is 0 Å². The molecule has 6 heteroatoms. The normalized spacial score (nSPS) is 11.3. The molecule has 0 aromatic heterocycles. The highest BCUT2D eigenvalue weighted by molar-refractivity contribution is 7.92. The second-order valence-electron chi connectivity index (χ2n) is 4.38. The lowest BCUT2D eigenvalue weighted by Gasteiger charge is -2.22. The van der Waals surface area contributed by atoms with Crippen LogP contribution in [0.3, 0.4) is 0 Å². The summed E-state index contributed by atoms with van der Waals surface area (Å²) in [5, 5.41) is 0. The molecule has 20 heavy (non-hydrogen) atoms. The molecule has 3 nitrogen and oxygen atoms in total. The Morgan fingerprint density at radius 3 is 2.20 bits per heavy atom. The van der Waals surface area contributed by atoms with E-state index in [1.165, 1.54) is 42.5 Å². The molecule has 0 atom stereocenters. The monoisotopic (exact) mass is 297 g/mol. The highest BCUT2D eigenvalue weighted by Crippen LogP contribution is 2.21. The fraction of sp³-hybridized carbons (Fsp3) is 0.143. The average Bonchev–Trinajstić information content (AvgIpc) is 2.36. The molecule has 0 saturated heterocycles. The van der Waals surface area contributed by atoms with E-state index in [0.717, 1.165) is 16.6 Å². The van der Waals surface area contributed by atoms with Gasteiger partial charge in [-0.15, -0.1) is 0 Å². The van der Waals surface area contributed by atoms with E-state index in [1.807, 2.05) is 0 Å². The van der Waals surface area contributed by atoms with E-state index in [2.05, 4.69) is 0 Å². The van der Waals surface area contributed by atoms with Crippen LogP contribution in [0.4, 0.5) is 14.5 Å². The van der Waals surface area contributed by atoms with Gasteiger partial charge in [0, 0.05) is 0 Å². The maximum Gasteiger partial charge on any atom is 0.232 e. The summed E-state index contributed by atoms with van der Waals surface area (Å²) in [7, 11) is -3.57. The molecule has 0 unspecified atom stereocenters. The largest absolute Gasteiger partial charge is 0.266 e. The lowest BCUT2D eigenvalue weighted by Crippen LogP contribution is -2.29. The summed E-state index contributed by atoms with van der Waals surface area (Å²) in [5.41, 5.74) is 0.845. The van der Waals surface area contributed by atoms with Gasteiger partial charge in [0.15, 0.2) is 0 Å². The van der Waals surface area contributed by atoms with E-state index in [9.17, 15) is 17.2 Å². The van der Waals surface area contributed by atoms with Crippen molar-refractivity contribution in [3.05, 3.63) is 65.7 Å². The second-order valence-corrected chi connectivity index (χ2v) is 6.28.